The van der Waals surface area contributed by atoms with Gasteiger partial charge in [-0.3, -0.25) is 4.98 Å². The number of benzene rings is 1. The Balaban J connectivity index is 2.24. The predicted molar refractivity (Wildman–Crippen MR) is 81.9 cm³/mol. The van der Waals surface area contributed by atoms with E-state index in [2.05, 4.69) is 12.2 Å². The first-order chi connectivity index (χ1) is 9.70. The van der Waals surface area contributed by atoms with E-state index in [0.29, 0.717) is 5.56 Å². The summed E-state index contributed by atoms with van der Waals surface area (Å²) in [6.07, 6.45) is 5.59. The van der Waals surface area contributed by atoms with Gasteiger partial charge >= 0.3 is 0 Å². The minimum absolute atomic E-state index is 0.165. The number of nitrogens with zero attached hydrogens (tertiary/aromatic N) is 1. The lowest BCUT2D eigenvalue weighted by molar-refractivity contribution is 0.619. The zero-order valence-corrected chi connectivity index (χ0v) is 12.2. The Hall–Kier alpha value is -1.64. The van der Waals surface area contributed by atoms with Gasteiger partial charge in [-0.25, -0.2) is 4.39 Å². The second-order valence-electron chi connectivity index (χ2n) is 5.66. The number of rotatable bonds is 3. The summed E-state index contributed by atoms with van der Waals surface area (Å²) in [5.74, 6) is -0.165. The number of aromatic nitrogens is 1. The monoisotopic (exact) mass is 272 g/mol. The summed E-state index contributed by atoms with van der Waals surface area (Å²) in [5, 5.41) is 4.62. The van der Waals surface area contributed by atoms with Crippen LogP contribution in [0.2, 0.25) is 0 Å². The van der Waals surface area contributed by atoms with Crippen LogP contribution >= 0.6 is 0 Å². The van der Waals surface area contributed by atoms with Crippen LogP contribution in [0.3, 0.4) is 0 Å². The van der Waals surface area contributed by atoms with Crippen molar-refractivity contribution < 1.29 is 4.39 Å². The Morgan fingerprint density at radius 3 is 2.85 bits per heavy atom. The number of fused-ring (bicyclic) bond motifs is 2. The van der Waals surface area contributed by atoms with Gasteiger partial charge < -0.3 is 5.32 Å². The number of pyridine rings is 1. The highest BCUT2D eigenvalue weighted by Gasteiger charge is 2.18. The van der Waals surface area contributed by atoms with Gasteiger partial charge in [0.15, 0.2) is 0 Å². The molecule has 0 amide bonds. The Bertz CT molecular complexity index is 649. The van der Waals surface area contributed by atoms with Gasteiger partial charge in [-0.15, -0.1) is 0 Å². The fraction of sp³-hybridized carbons (Fsp3) is 0.471. The summed E-state index contributed by atoms with van der Waals surface area (Å²) >= 11 is 0. The summed E-state index contributed by atoms with van der Waals surface area (Å²) < 4.78 is 13.8. The summed E-state index contributed by atoms with van der Waals surface area (Å²) in [6, 6.07) is 3.52. The summed E-state index contributed by atoms with van der Waals surface area (Å²) in [4.78, 5) is 4.71. The topological polar surface area (TPSA) is 24.9 Å². The molecule has 1 aliphatic rings. The van der Waals surface area contributed by atoms with Gasteiger partial charge in [-0.2, -0.15) is 0 Å². The third-order valence-corrected chi connectivity index (χ3v) is 4.09. The quantitative estimate of drug-likeness (QED) is 0.896. The van der Waals surface area contributed by atoms with Crippen molar-refractivity contribution in [1.29, 1.82) is 0 Å². The highest BCUT2D eigenvalue weighted by atomic mass is 19.1. The van der Waals surface area contributed by atoms with Crippen molar-refractivity contribution >= 4 is 16.6 Å². The first-order valence-electron chi connectivity index (χ1n) is 7.56. The highest BCUT2D eigenvalue weighted by molar-refractivity contribution is 5.94. The van der Waals surface area contributed by atoms with Crippen LogP contribution in [0, 0.1) is 12.7 Å². The molecule has 0 saturated heterocycles. The number of nitrogens with one attached hydrogen (secondary N) is 1. The van der Waals surface area contributed by atoms with E-state index in [0.717, 1.165) is 42.4 Å². The molecule has 20 heavy (non-hydrogen) atoms. The molecule has 1 heterocycles. The number of anilines is 1. The molecular formula is C17H21FN2. The molecule has 1 aliphatic carbocycles. The van der Waals surface area contributed by atoms with E-state index in [-0.39, 0.29) is 5.82 Å². The molecule has 1 aromatic carbocycles. The lowest BCUT2D eigenvalue weighted by atomic mass is 9.92. The minimum atomic E-state index is -0.165. The van der Waals surface area contributed by atoms with Crippen LogP contribution in [0.5, 0.6) is 0 Å². The van der Waals surface area contributed by atoms with Crippen molar-refractivity contribution in [3.05, 3.63) is 34.8 Å². The van der Waals surface area contributed by atoms with Crippen LogP contribution in [-0.2, 0) is 12.8 Å². The van der Waals surface area contributed by atoms with Crippen molar-refractivity contribution in [2.45, 2.75) is 46.0 Å². The van der Waals surface area contributed by atoms with E-state index < -0.39 is 0 Å². The zero-order valence-electron chi connectivity index (χ0n) is 12.2. The molecule has 0 fully saturated rings. The molecular weight excluding hydrogens is 251 g/mol. The molecule has 3 rings (SSSR count). The van der Waals surface area contributed by atoms with E-state index in [4.69, 9.17) is 4.98 Å². The summed E-state index contributed by atoms with van der Waals surface area (Å²) in [7, 11) is 0. The molecule has 0 spiro atoms. The molecule has 0 aliphatic heterocycles. The van der Waals surface area contributed by atoms with Crippen molar-refractivity contribution in [2.24, 2.45) is 0 Å². The molecule has 2 nitrogen and oxygen atoms in total. The van der Waals surface area contributed by atoms with Crippen LogP contribution in [0.4, 0.5) is 10.1 Å². The molecule has 3 heteroatoms. The Morgan fingerprint density at radius 1 is 1.25 bits per heavy atom. The van der Waals surface area contributed by atoms with E-state index in [1.807, 2.05) is 13.0 Å². The van der Waals surface area contributed by atoms with Crippen LogP contribution in [0.15, 0.2) is 12.1 Å². The standard InChI is InChI=1S/C17H21FN2/c1-3-8-19-17-12-6-4-5-7-15(12)20-16-10-14(18)11(2)9-13(16)17/h9-10H,3-8H2,1-2H3,(H,19,20). The summed E-state index contributed by atoms with van der Waals surface area (Å²) in [5.41, 5.74) is 5.17. The molecule has 0 radical (unpaired) electrons. The van der Waals surface area contributed by atoms with Gasteiger partial charge in [-0.05, 0) is 56.2 Å². The van der Waals surface area contributed by atoms with Crippen LogP contribution < -0.4 is 5.32 Å². The molecule has 1 aromatic heterocycles. The van der Waals surface area contributed by atoms with Crippen molar-refractivity contribution in [3.8, 4) is 0 Å². The molecule has 1 N–H and O–H groups in total. The lowest BCUT2D eigenvalue weighted by Crippen LogP contribution is -2.12. The fourth-order valence-corrected chi connectivity index (χ4v) is 3.01. The maximum absolute atomic E-state index is 13.8. The number of halogens is 1. The van der Waals surface area contributed by atoms with E-state index in [9.17, 15) is 4.39 Å². The molecule has 0 atom stereocenters. The first-order valence-corrected chi connectivity index (χ1v) is 7.56. The van der Waals surface area contributed by atoms with Crippen molar-refractivity contribution in [3.63, 3.8) is 0 Å². The largest absolute Gasteiger partial charge is 0.384 e. The number of hydrogen-bond donors (Lipinski definition) is 1. The molecule has 0 saturated carbocycles. The van der Waals surface area contributed by atoms with Gasteiger partial charge in [0.25, 0.3) is 0 Å². The first kappa shape index (κ1) is 13.3. The molecule has 2 aromatic rings. The third-order valence-electron chi connectivity index (χ3n) is 4.09. The fourth-order valence-electron chi connectivity index (χ4n) is 3.01. The van der Waals surface area contributed by atoms with Gasteiger partial charge in [0.2, 0.25) is 0 Å². The van der Waals surface area contributed by atoms with Gasteiger partial charge in [0.05, 0.1) is 5.52 Å². The zero-order chi connectivity index (χ0) is 14.1. The summed E-state index contributed by atoms with van der Waals surface area (Å²) in [6.45, 7) is 4.92. The second kappa shape index (κ2) is 5.39. The second-order valence-corrected chi connectivity index (χ2v) is 5.66. The number of aryl methyl sites for hydroxylation is 2. The highest BCUT2D eigenvalue weighted by Crippen LogP contribution is 2.34. The maximum Gasteiger partial charge on any atom is 0.128 e. The maximum atomic E-state index is 13.8. The smallest absolute Gasteiger partial charge is 0.128 e. The van der Waals surface area contributed by atoms with Crippen LogP contribution in [0.1, 0.15) is 43.0 Å². The SMILES string of the molecule is CCCNc1c2c(nc3cc(F)c(C)cc13)CCCC2. The Kier molecular flexibility index (Phi) is 3.60. The number of hydrogen-bond acceptors (Lipinski definition) is 2. The predicted octanol–water partition coefficient (Wildman–Crippen LogP) is 4.38. The third kappa shape index (κ3) is 2.26. The van der Waals surface area contributed by atoms with Crippen LogP contribution in [0.25, 0.3) is 10.9 Å². The van der Waals surface area contributed by atoms with Crippen molar-refractivity contribution in [2.75, 3.05) is 11.9 Å². The van der Waals surface area contributed by atoms with E-state index in [1.54, 1.807) is 6.07 Å². The van der Waals surface area contributed by atoms with Gasteiger partial charge in [0.1, 0.15) is 5.82 Å². The van der Waals surface area contributed by atoms with Gasteiger partial charge in [0, 0.05) is 29.4 Å². The van der Waals surface area contributed by atoms with Crippen molar-refractivity contribution in [1.82, 2.24) is 4.98 Å². The molecule has 0 unspecified atom stereocenters. The van der Waals surface area contributed by atoms with Crippen LogP contribution in [-0.4, -0.2) is 11.5 Å². The normalized spacial score (nSPS) is 14.3. The minimum Gasteiger partial charge on any atom is -0.384 e. The molecule has 0 bridgehead atoms. The Morgan fingerprint density at radius 2 is 2.05 bits per heavy atom. The van der Waals surface area contributed by atoms with Gasteiger partial charge in [-0.1, -0.05) is 6.92 Å². The lowest BCUT2D eigenvalue weighted by Gasteiger charge is -2.22. The van der Waals surface area contributed by atoms with E-state index in [1.165, 1.54) is 24.1 Å². The molecule has 106 valence electrons. The average molecular weight is 272 g/mol. The van der Waals surface area contributed by atoms with E-state index >= 15 is 0 Å². The Labute approximate surface area is 119 Å². The average Bonchev–Trinajstić information content (AvgIpc) is 2.45.